The molecule has 4 aromatic rings. The van der Waals surface area contributed by atoms with Crippen molar-refractivity contribution in [2.75, 3.05) is 4.31 Å². The highest BCUT2D eigenvalue weighted by Gasteiger charge is 2.28. The molecule has 0 spiro atoms. The number of hydrazone groups is 1. The Morgan fingerprint density at radius 2 is 1.43 bits per heavy atom. The molecule has 0 atom stereocenters. The fraction of sp³-hybridized carbons (Fsp3) is 0.133. The fourth-order valence-electron chi connectivity index (χ4n) is 3.84. The summed E-state index contributed by atoms with van der Waals surface area (Å²) in [6.45, 7) is 4.31. The van der Waals surface area contributed by atoms with Crippen LogP contribution in [0, 0.1) is 0 Å². The van der Waals surface area contributed by atoms with E-state index in [-0.39, 0.29) is 22.7 Å². The molecule has 0 bridgehead atoms. The first-order chi connectivity index (χ1) is 17.9. The lowest BCUT2D eigenvalue weighted by Gasteiger charge is -2.26. The van der Waals surface area contributed by atoms with E-state index in [1.54, 1.807) is 60.8 Å². The van der Waals surface area contributed by atoms with Crippen molar-refractivity contribution in [1.29, 1.82) is 0 Å². The van der Waals surface area contributed by atoms with Gasteiger partial charge in [-0.05, 0) is 46.9 Å². The molecule has 6 nitrogen and oxygen atoms in total. The van der Waals surface area contributed by atoms with Crippen LogP contribution in [-0.2, 0) is 16.6 Å². The SMILES string of the molecule is CC(C)c1ccc(/C=N/NC(=O)c2ccccc2N(Cc2ccccc2)S(=O)(=O)c2ccccc2)cc1. The van der Waals surface area contributed by atoms with Crippen LogP contribution < -0.4 is 9.73 Å². The molecular weight excluding hydrogens is 482 g/mol. The van der Waals surface area contributed by atoms with Crippen molar-refractivity contribution < 1.29 is 13.2 Å². The molecule has 0 aliphatic carbocycles. The first-order valence-corrected chi connectivity index (χ1v) is 13.4. The summed E-state index contributed by atoms with van der Waals surface area (Å²) in [5, 5.41) is 4.10. The molecule has 0 aliphatic heterocycles. The normalized spacial score (nSPS) is 11.5. The van der Waals surface area contributed by atoms with Gasteiger partial charge in [0.05, 0.1) is 28.9 Å². The number of benzene rings is 4. The second kappa shape index (κ2) is 11.7. The molecule has 0 unspecified atom stereocenters. The maximum atomic E-state index is 13.8. The molecule has 1 amide bonds. The molecule has 1 N–H and O–H groups in total. The number of hydrogen-bond donors (Lipinski definition) is 1. The zero-order chi connectivity index (χ0) is 26.3. The average molecular weight is 512 g/mol. The van der Waals surface area contributed by atoms with Crippen molar-refractivity contribution in [3.05, 3.63) is 131 Å². The van der Waals surface area contributed by atoms with E-state index in [9.17, 15) is 13.2 Å². The van der Waals surface area contributed by atoms with Gasteiger partial charge < -0.3 is 0 Å². The van der Waals surface area contributed by atoms with Gasteiger partial charge in [0.25, 0.3) is 15.9 Å². The molecule has 0 saturated carbocycles. The molecule has 0 aromatic heterocycles. The predicted octanol–water partition coefficient (Wildman–Crippen LogP) is 5.97. The van der Waals surface area contributed by atoms with Crippen LogP contribution in [-0.4, -0.2) is 20.5 Å². The summed E-state index contributed by atoms with van der Waals surface area (Å²) in [5.74, 6) is -0.0832. The van der Waals surface area contributed by atoms with E-state index < -0.39 is 15.9 Å². The Kier molecular flexibility index (Phi) is 8.15. The van der Waals surface area contributed by atoms with Crippen molar-refractivity contribution in [2.24, 2.45) is 5.10 Å². The molecule has 0 aliphatic rings. The van der Waals surface area contributed by atoms with E-state index in [0.717, 1.165) is 11.1 Å². The van der Waals surface area contributed by atoms with Gasteiger partial charge >= 0.3 is 0 Å². The Balaban J connectivity index is 1.65. The molecule has 0 heterocycles. The molecule has 0 saturated heterocycles. The van der Waals surface area contributed by atoms with Crippen molar-refractivity contribution in [2.45, 2.75) is 31.2 Å². The minimum absolute atomic E-state index is 0.0633. The number of nitrogens with zero attached hydrogens (tertiary/aromatic N) is 2. The number of nitrogens with one attached hydrogen (secondary N) is 1. The number of rotatable bonds is 9. The van der Waals surface area contributed by atoms with E-state index >= 15 is 0 Å². The number of sulfonamides is 1. The van der Waals surface area contributed by atoms with E-state index in [4.69, 9.17) is 0 Å². The highest BCUT2D eigenvalue weighted by atomic mass is 32.2. The summed E-state index contributed by atoms with van der Waals surface area (Å²) in [6.07, 6.45) is 1.56. The summed E-state index contributed by atoms with van der Waals surface area (Å²) in [5.41, 5.74) is 5.86. The second-order valence-corrected chi connectivity index (χ2v) is 10.7. The maximum Gasteiger partial charge on any atom is 0.273 e. The van der Waals surface area contributed by atoms with Crippen LogP contribution in [0.4, 0.5) is 5.69 Å². The van der Waals surface area contributed by atoms with Gasteiger partial charge in [-0.2, -0.15) is 5.10 Å². The summed E-state index contributed by atoms with van der Waals surface area (Å²) >= 11 is 0. The molecular formula is C30H29N3O3S. The van der Waals surface area contributed by atoms with Gasteiger partial charge in [0.15, 0.2) is 0 Å². The van der Waals surface area contributed by atoms with Gasteiger partial charge in [-0.15, -0.1) is 0 Å². The number of amides is 1. The Labute approximate surface area is 218 Å². The third-order valence-corrected chi connectivity index (χ3v) is 7.67. The van der Waals surface area contributed by atoms with Gasteiger partial charge in [0, 0.05) is 0 Å². The largest absolute Gasteiger partial charge is 0.273 e. The van der Waals surface area contributed by atoms with E-state index in [1.165, 1.54) is 9.87 Å². The summed E-state index contributed by atoms with van der Waals surface area (Å²) in [7, 11) is -3.97. The summed E-state index contributed by atoms with van der Waals surface area (Å²) in [6, 6.07) is 32.0. The standard InChI is InChI=1S/C30H29N3O3S/c1-23(2)26-19-17-24(18-20-26)21-31-32-30(34)28-15-9-10-16-29(28)33(22-25-11-5-3-6-12-25)37(35,36)27-13-7-4-8-14-27/h3-21,23H,22H2,1-2H3,(H,32,34)/b31-21+. The van der Waals surface area contributed by atoms with Crippen LogP contribution in [0.3, 0.4) is 0 Å². The van der Waals surface area contributed by atoms with Crippen molar-refractivity contribution >= 4 is 27.8 Å². The van der Waals surface area contributed by atoms with Crippen LogP contribution in [0.2, 0.25) is 0 Å². The lowest BCUT2D eigenvalue weighted by molar-refractivity contribution is 0.0955. The quantitative estimate of drug-likeness (QED) is 0.222. The van der Waals surface area contributed by atoms with Gasteiger partial charge in [0.2, 0.25) is 0 Å². The van der Waals surface area contributed by atoms with E-state index in [0.29, 0.717) is 5.92 Å². The highest BCUT2D eigenvalue weighted by molar-refractivity contribution is 7.92. The average Bonchev–Trinajstić information content (AvgIpc) is 2.93. The monoisotopic (exact) mass is 511 g/mol. The molecule has 4 rings (SSSR count). The fourth-order valence-corrected chi connectivity index (χ4v) is 5.34. The molecule has 37 heavy (non-hydrogen) atoms. The van der Waals surface area contributed by atoms with Crippen LogP contribution in [0.15, 0.2) is 119 Å². The predicted molar refractivity (Wildman–Crippen MR) is 148 cm³/mol. The lowest BCUT2D eigenvalue weighted by atomic mass is 10.0. The molecule has 4 aromatic carbocycles. The minimum atomic E-state index is -3.97. The molecule has 0 radical (unpaired) electrons. The van der Waals surface area contributed by atoms with Gasteiger partial charge in [-0.25, -0.2) is 13.8 Å². The lowest BCUT2D eigenvalue weighted by Crippen LogP contribution is -2.33. The number of anilines is 1. The number of para-hydroxylation sites is 1. The first-order valence-electron chi connectivity index (χ1n) is 12.0. The minimum Gasteiger partial charge on any atom is -0.267 e. The van der Waals surface area contributed by atoms with Crippen LogP contribution in [0.25, 0.3) is 0 Å². The molecule has 7 heteroatoms. The Hall–Kier alpha value is -4.23. The van der Waals surface area contributed by atoms with Crippen LogP contribution >= 0.6 is 0 Å². The molecule has 188 valence electrons. The summed E-state index contributed by atoms with van der Waals surface area (Å²) < 4.78 is 28.8. The third-order valence-electron chi connectivity index (χ3n) is 5.90. The van der Waals surface area contributed by atoms with Crippen molar-refractivity contribution in [1.82, 2.24) is 5.43 Å². The van der Waals surface area contributed by atoms with Gasteiger partial charge in [-0.3, -0.25) is 9.10 Å². The van der Waals surface area contributed by atoms with E-state index in [2.05, 4.69) is 24.4 Å². The Morgan fingerprint density at radius 1 is 0.838 bits per heavy atom. The number of carbonyl (C=O) groups excluding carboxylic acids is 1. The van der Waals surface area contributed by atoms with Gasteiger partial charge in [-0.1, -0.05) is 98.8 Å². The van der Waals surface area contributed by atoms with Crippen LogP contribution in [0.1, 0.15) is 46.8 Å². The number of hydrogen-bond acceptors (Lipinski definition) is 4. The second-order valence-electron chi connectivity index (χ2n) is 8.85. The van der Waals surface area contributed by atoms with Crippen molar-refractivity contribution in [3.63, 3.8) is 0 Å². The Bertz CT molecular complexity index is 1470. The molecule has 0 fully saturated rings. The number of carbonyl (C=O) groups is 1. The maximum absolute atomic E-state index is 13.8. The smallest absolute Gasteiger partial charge is 0.267 e. The third kappa shape index (κ3) is 6.32. The van der Waals surface area contributed by atoms with E-state index in [1.807, 2.05) is 54.6 Å². The zero-order valence-corrected chi connectivity index (χ0v) is 21.6. The van der Waals surface area contributed by atoms with Crippen LogP contribution in [0.5, 0.6) is 0 Å². The summed E-state index contributed by atoms with van der Waals surface area (Å²) in [4.78, 5) is 13.3. The zero-order valence-electron chi connectivity index (χ0n) is 20.8. The highest BCUT2D eigenvalue weighted by Crippen LogP contribution is 2.29. The Morgan fingerprint density at radius 3 is 2.08 bits per heavy atom. The topological polar surface area (TPSA) is 78.8 Å². The van der Waals surface area contributed by atoms with Crippen molar-refractivity contribution in [3.8, 4) is 0 Å². The first kappa shape index (κ1) is 25.9. The van der Waals surface area contributed by atoms with Gasteiger partial charge in [0.1, 0.15) is 0 Å².